The average Bonchev–Trinajstić information content (AvgIpc) is 3.17. The number of nitrogens with one attached hydrogen (secondary N) is 2. The fourth-order valence-electron chi connectivity index (χ4n) is 3.71. The first-order chi connectivity index (χ1) is 12.7. The highest BCUT2D eigenvalue weighted by Crippen LogP contribution is 2.21. The number of ether oxygens (including phenoxy) is 1. The second-order valence-electron chi connectivity index (χ2n) is 7.22. The molecule has 0 aromatic heterocycles. The van der Waals surface area contributed by atoms with Crippen LogP contribution in [0.4, 0.5) is 0 Å². The molecule has 6 nitrogen and oxygen atoms in total. The van der Waals surface area contributed by atoms with Crippen LogP contribution >= 0.6 is 0 Å². The summed E-state index contributed by atoms with van der Waals surface area (Å²) in [5.41, 5.74) is 2.45. The summed E-state index contributed by atoms with van der Waals surface area (Å²) < 4.78 is 5.65. The third-order valence-electron chi connectivity index (χ3n) is 5.20. The summed E-state index contributed by atoms with van der Waals surface area (Å²) in [6, 6.07) is 8.25. The van der Waals surface area contributed by atoms with Crippen LogP contribution in [-0.4, -0.2) is 55.6 Å². The van der Waals surface area contributed by atoms with Gasteiger partial charge in [0.25, 0.3) is 0 Å². The molecule has 2 fully saturated rings. The lowest BCUT2D eigenvalue weighted by atomic mass is 10.1. The second-order valence-corrected chi connectivity index (χ2v) is 7.22. The first kappa shape index (κ1) is 18.9. The first-order valence-corrected chi connectivity index (χ1v) is 9.65. The van der Waals surface area contributed by atoms with Crippen LogP contribution in [0, 0.1) is 0 Å². The Morgan fingerprint density at radius 1 is 1.23 bits per heavy atom. The predicted octanol–water partition coefficient (Wildman–Crippen LogP) is 1.23. The van der Waals surface area contributed by atoms with Gasteiger partial charge in [0.1, 0.15) is 12.1 Å². The molecule has 0 bridgehead atoms. The molecule has 1 atom stereocenters. The zero-order valence-corrected chi connectivity index (χ0v) is 15.3. The van der Waals surface area contributed by atoms with Crippen LogP contribution in [-0.2, 0) is 27.3 Å². The molecule has 1 amide bonds. The van der Waals surface area contributed by atoms with Gasteiger partial charge in [-0.2, -0.15) is 0 Å². The van der Waals surface area contributed by atoms with Crippen LogP contribution in [0.25, 0.3) is 0 Å². The lowest BCUT2D eigenvalue weighted by Gasteiger charge is -2.33. The monoisotopic (exact) mass is 359 g/mol. The van der Waals surface area contributed by atoms with E-state index in [9.17, 15) is 9.59 Å². The number of hydrogen-bond donors (Lipinski definition) is 2. The van der Waals surface area contributed by atoms with Gasteiger partial charge in [-0.3, -0.25) is 14.5 Å². The standard InChI is InChI=1S/C20H29N3O3/c24-15-21-10-9-16-5-7-17(8-6-16)13-23-12-11-22-19(14-23)20(25)26-18-3-1-2-4-18/h5-8,15,18-19,22H,1-4,9-14H2,(H,21,24). The molecule has 1 aromatic rings. The fourth-order valence-corrected chi connectivity index (χ4v) is 3.71. The Balaban J connectivity index is 1.46. The van der Waals surface area contributed by atoms with Crippen LogP contribution in [0.3, 0.4) is 0 Å². The number of benzene rings is 1. The van der Waals surface area contributed by atoms with Gasteiger partial charge in [-0.1, -0.05) is 24.3 Å². The van der Waals surface area contributed by atoms with E-state index in [0.29, 0.717) is 13.1 Å². The Bertz CT molecular complexity index is 584. The minimum absolute atomic E-state index is 0.0976. The molecule has 3 rings (SSSR count). The van der Waals surface area contributed by atoms with Crippen molar-refractivity contribution in [2.45, 2.75) is 50.8 Å². The minimum Gasteiger partial charge on any atom is -0.461 e. The fraction of sp³-hybridized carbons (Fsp3) is 0.600. The van der Waals surface area contributed by atoms with E-state index in [1.54, 1.807) is 0 Å². The molecular formula is C20H29N3O3. The summed E-state index contributed by atoms with van der Waals surface area (Å²) in [6.07, 6.45) is 6.05. The molecule has 0 spiro atoms. The molecule has 0 radical (unpaired) electrons. The molecule has 142 valence electrons. The molecule has 1 heterocycles. The third kappa shape index (κ3) is 5.54. The van der Waals surface area contributed by atoms with E-state index in [2.05, 4.69) is 39.8 Å². The van der Waals surface area contributed by atoms with Crippen LogP contribution in [0.15, 0.2) is 24.3 Å². The summed E-state index contributed by atoms with van der Waals surface area (Å²) >= 11 is 0. The zero-order valence-electron chi connectivity index (χ0n) is 15.3. The van der Waals surface area contributed by atoms with E-state index in [4.69, 9.17) is 4.74 Å². The maximum absolute atomic E-state index is 12.4. The van der Waals surface area contributed by atoms with E-state index in [1.165, 1.54) is 24.0 Å². The number of carbonyl (C=O) groups excluding carboxylic acids is 2. The lowest BCUT2D eigenvalue weighted by Crippen LogP contribution is -2.54. The first-order valence-electron chi connectivity index (χ1n) is 9.65. The van der Waals surface area contributed by atoms with Gasteiger partial charge in [0.15, 0.2) is 0 Å². The number of nitrogens with zero attached hydrogens (tertiary/aromatic N) is 1. The van der Waals surface area contributed by atoms with Crippen molar-refractivity contribution in [3.63, 3.8) is 0 Å². The van der Waals surface area contributed by atoms with Gasteiger partial charge < -0.3 is 15.4 Å². The van der Waals surface area contributed by atoms with Crippen molar-refractivity contribution in [1.82, 2.24) is 15.5 Å². The van der Waals surface area contributed by atoms with Crippen LogP contribution in [0.2, 0.25) is 0 Å². The highest BCUT2D eigenvalue weighted by Gasteiger charge is 2.29. The molecule has 1 saturated heterocycles. The molecule has 1 aliphatic carbocycles. The summed E-state index contributed by atoms with van der Waals surface area (Å²) in [7, 11) is 0. The lowest BCUT2D eigenvalue weighted by molar-refractivity contribution is -0.152. The van der Waals surface area contributed by atoms with Crippen molar-refractivity contribution in [3.8, 4) is 0 Å². The van der Waals surface area contributed by atoms with Crippen molar-refractivity contribution in [1.29, 1.82) is 0 Å². The molecule has 1 aromatic carbocycles. The molecule has 2 N–H and O–H groups in total. The van der Waals surface area contributed by atoms with E-state index >= 15 is 0 Å². The number of esters is 1. The van der Waals surface area contributed by atoms with Crippen molar-refractivity contribution in [2.75, 3.05) is 26.2 Å². The summed E-state index contributed by atoms with van der Waals surface area (Å²) in [5, 5.41) is 5.97. The van der Waals surface area contributed by atoms with Gasteiger partial charge in [-0.25, -0.2) is 0 Å². The Kier molecular flexibility index (Phi) is 7.03. The van der Waals surface area contributed by atoms with Crippen molar-refractivity contribution >= 4 is 12.4 Å². The Hall–Kier alpha value is -1.92. The quantitative estimate of drug-likeness (QED) is 0.415. The maximum atomic E-state index is 12.4. The summed E-state index contributed by atoms with van der Waals surface area (Å²) in [5.74, 6) is -0.0976. The van der Waals surface area contributed by atoms with Crippen LogP contribution < -0.4 is 10.6 Å². The third-order valence-corrected chi connectivity index (χ3v) is 5.20. The van der Waals surface area contributed by atoms with Gasteiger partial charge in [0.05, 0.1) is 0 Å². The zero-order chi connectivity index (χ0) is 18.2. The molecule has 26 heavy (non-hydrogen) atoms. The minimum atomic E-state index is -0.224. The topological polar surface area (TPSA) is 70.7 Å². The molecule has 1 unspecified atom stereocenters. The predicted molar refractivity (Wildman–Crippen MR) is 99.6 cm³/mol. The Morgan fingerprint density at radius 2 is 1.96 bits per heavy atom. The van der Waals surface area contributed by atoms with Gasteiger partial charge in [-0.05, 0) is 43.2 Å². The SMILES string of the molecule is O=CNCCc1ccc(CN2CCNC(C(=O)OC3CCCC3)C2)cc1. The van der Waals surface area contributed by atoms with E-state index in [1.807, 2.05) is 0 Å². The summed E-state index contributed by atoms with van der Waals surface area (Å²) in [6.45, 7) is 3.92. The number of amides is 1. The van der Waals surface area contributed by atoms with Crippen molar-refractivity contribution < 1.29 is 14.3 Å². The average molecular weight is 359 g/mol. The van der Waals surface area contributed by atoms with Gasteiger partial charge in [-0.15, -0.1) is 0 Å². The molecule has 2 aliphatic rings. The molecule has 1 saturated carbocycles. The number of piperazine rings is 1. The maximum Gasteiger partial charge on any atom is 0.324 e. The van der Waals surface area contributed by atoms with Gasteiger partial charge >= 0.3 is 5.97 Å². The van der Waals surface area contributed by atoms with E-state index in [-0.39, 0.29) is 18.1 Å². The van der Waals surface area contributed by atoms with Crippen LogP contribution in [0.5, 0.6) is 0 Å². The molecule has 6 heteroatoms. The molecular weight excluding hydrogens is 330 g/mol. The largest absolute Gasteiger partial charge is 0.461 e. The van der Waals surface area contributed by atoms with Gasteiger partial charge in [0, 0.05) is 32.7 Å². The van der Waals surface area contributed by atoms with E-state index < -0.39 is 0 Å². The normalized spacial score (nSPS) is 21.5. The highest BCUT2D eigenvalue weighted by atomic mass is 16.5. The summed E-state index contributed by atoms with van der Waals surface area (Å²) in [4.78, 5) is 25.0. The highest BCUT2D eigenvalue weighted by molar-refractivity contribution is 5.76. The smallest absolute Gasteiger partial charge is 0.324 e. The Labute approximate surface area is 155 Å². The number of hydrogen-bond acceptors (Lipinski definition) is 5. The van der Waals surface area contributed by atoms with Crippen molar-refractivity contribution in [2.24, 2.45) is 0 Å². The second kappa shape index (κ2) is 9.69. The number of carbonyl (C=O) groups is 2. The van der Waals surface area contributed by atoms with Crippen molar-refractivity contribution in [3.05, 3.63) is 35.4 Å². The van der Waals surface area contributed by atoms with Crippen LogP contribution in [0.1, 0.15) is 36.8 Å². The van der Waals surface area contributed by atoms with Gasteiger partial charge in [0.2, 0.25) is 6.41 Å². The Morgan fingerprint density at radius 3 is 2.69 bits per heavy atom. The number of rotatable bonds is 8. The molecule has 1 aliphatic heterocycles. The van der Waals surface area contributed by atoms with E-state index in [0.717, 1.165) is 45.3 Å².